The van der Waals surface area contributed by atoms with Crippen molar-refractivity contribution in [3.05, 3.63) is 58.1 Å². The van der Waals surface area contributed by atoms with Crippen LogP contribution >= 0.6 is 15.9 Å². The van der Waals surface area contributed by atoms with Gasteiger partial charge in [-0.1, -0.05) is 40.2 Å². The first-order chi connectivity index (χ1) is 11.1. The lowest BCUT2D eigenvalue weighted by atomic mass is 9.96. The Kier molecular flexibility index (Phi) is 3.43. The van der Waals surface area contributed by atoms with Crippen molar-refractivity contribution < 1.29 is 0 Å². The molecule has 23 heavy (non-hydrogen) atoms. The van der Waals surface area contributed by atoms with Gasteiger partial charge in [-0.25, -0.2) is 4.98 Å². The molecule has 5 nitrogen and oxygen atoms in total. The molecule has 0 saturated carbocycles. The van der Waals surface area contributed by atoms with Gasteiger partial charge in [-0.2, -0.15) is 4.98 Å². The minimum Gasteiger partial charge on any atom is -0.383 e. The molecule has 1 atom stereocenters. The number of halogens is 1. The highest BCUT2D eigenvalue weighted by Gasteiger charge is 2.24. The van der Waals surface area contributed by atoms with Gasteiger partial charge in [0.25, 0.3) is 0 Å². The lowest BCUT2D eigenvalue weighted by Gasteiger charge is -2.33. The molecule has 0 aliphatic carbocycles. The molecule has 6 heteroatoms. The van der Waals surface area contributed by atoms with Crippen LogP contribution in [0.15, 0.2) is 46.9 Å². The Bertz CT molecular complexity index is 895. The van der Waals surface area contributed by atoms with Crippen molar-refractivity contribution in [2.24, 2.45) is 5.73 Å². The van der Waals surface area contributed by atoms with Crippen molar-refractivity contribution in [3.8, 4) is 0 Å². The van der Waals surface area contributed by atoms with Gasteiger partial charge in [-0.15, -0.1) is 0 Å². The number of aromatic nitrogens is 2. The van der Waals surface area contributed by atoms with Gasteiger partial charge in [0, 0.05) is 29.0 Å². The topological polar surface area (TPSA) is 81.1 Å². The van der Waals surface area contributed by atoms with Crippen molar-refractivity contribution in [2.45, 2.75) is 12.6 Å². The summed E-state index contributed by atoms with van der Waals surface area (Å²) in [4.78, 5) is 11.2. The molecule has 0 radical (unpaired) electrons. The quantitative estimate of drug-likeness (QED) is 0.688. The average Bonchev–Trinajstić information content (AvgIpc) is 2.55. The van der Waals surface area contributed by atoms with E-state index in [9.17, 15) is 0 Å². The summed E-state index contributed by atoms with van der Waals surface area (Å²) in [6.45, 7) is 1.42. The molecule has 4 N–H and O–H groups in total. The molecular weight excluding hydrogens is 354 g/mol. The van der Waals surface area contributed by atoms with Gasteiger partial charge >= 0.3 is 0 Å². The second-order valence-electron chi connectivity index (χ2n) is 5.76. The lowest BCUT2D eigenvalue weighted by molar-refractivity contribution is 0.608. The molecule has 4 rings (SSSR count). The summed E-state index contributed by atoms with van der Waals surface area (Å²) < 4.78 is 0.960. The molecule has 1 unspecified atom stereocenters. The molecule has 3 aromatic rings. The van der Waals surface area contributed by atoms with Crippen molar-refractivity contribution in [3.63, 3.8) is 0 Å². The largest absolute Gasteiger partial charge is 0.383 e. The standard InChI is InChI=1S/C17H16BrN5/c18-11-5-6-15-13(7-11)16(20)22-17(21-15)23-8-10-3-1-2-4-12(10)14(19)9-23/h1-7,14H,8-9,19H2,(H2,20,21,22). The summed E-state index contributed by atoms with van der Waals surface area (Å²) in [5, 5.41) is 0.852. The van der Waals surface area contributed by atoms with Gasteiger partial charge in [-0.05, 0) is 29.3 Å². The smallest absolute Gasteiger partial charge is 0.228 e. The fourth-order valence-electron chi connectivity index (χ4n) is 3.05. The number of anilines is 2. The second-order valence-corrected chi connectivity index (χ2v) is 6.67. The zero-order valence-electron chi connectivity index (χ0n) is 12.4. The van der Waals surface area contributed by atoms with E-state index < -0.39 is 0 Å². The maximum atomic E-state index is 6.31. The molecule has 0 amide bonds. The van der Waals surface area contributed by atoms with Gasteiger partial charge in [0.2, 0.25) is 5.95 Å². The maximum Gasteiger partial charge on any atom is 0.228 e. The van der Waals surface area contributed by atoms with Crippen LogP contribution in [0.1, 0.15) is 17.2 Å². The van der Waals surface area contributed by atoms with Crippen LogP contribution in [0.3, 0.4) is 0 Å². The molecule has 0 fully saturated rings. The fraction of sp³-hybridized carbons (Fsp3) is 0.176. The first-order valence-electron chi connectivity index (χ1n) is 7.43. The number of nitrogens with zero attached hydrogens (tertiary/aromatic N) is 3. The number of nitrogens with two attached hydrogens (primary N) is 2. The molecular formula is C17H16BrN5. The van der Waals surface area contributed by atoms with Crippen LogP contribution < -0.4 is 16.4 Å². The van der Waals surface area contributed by atoms with E-state index in [0.717, 1.165) is 21.9 Å². The van der Waals surface area contributed by atoms with Crippen molar-refractivity contribution in [1.29, 1.82) is 0 Å². The van der Waals surface area contributed by atoms with Crippen LogP contribution in [-0.2, 0) is 6.54 Å². The van der Waals surface area contributed by atoms with Crippen LogP contribution in [0.25, 0.3) is 10.9 Å². The molecule has 116 valence electrons. The second kappa shape index (κ2) is 5.47. The van der Waals surface area contributed by atoms with E-state index in [4.69, 9.17) is 11.5 Å². The normalized spacial score (nSPS) is 17.3. The average molecular weight is 370 g/mol. The summed E-state index contributed by atoms with van der Waals surface area (Å²) in [5.41, 5.74) is 15.7. The molecule has 0 spiro atoms. The molecule has 0 bridgehead atoms. The van der Waals surface area contributed by atoms with E-state index in [0.29, 0.717) is 18.3 Å². The summed E-state index contributed by atoms with van der Waals surface area (Å²) in [6, 6.07) is 14.0. The summed E-state index contributed by atoms with van der Waals surface area (Å²) >= 11 is 3.45. The first kappa shape index (κ1) is 14.4. The third-order valence-electron chi connectivity index (χ3n) is 4.19. The fourth-order valence-corrected chi connectivity index (χ4v) is 3.41. The van der Waals surface area contributed by atoms with E-state index in [1.54, 1.807) is 0 Å². The Hall–Kier alpha value is -2.18. The van der Waals surface area contributed by atoms with E-state index in [1.165, 1.54) is 11.1 Å². The first-order valence-corrected chi connectivity index (χ1v) is 8.22. The highest BCUT2D eigenvalue weighted by molar-refractivity contribution is 9.10. The summed E-state index contributed by atoms with van der Waals surface area (Å²) in [7, 11) is 0. The number of benzene rings is 2. The molecule has 0 saturated heterocycles. The Labute approximate surface area is 142 Å². The third kappa shape index (κ3) is 2.54. The lowest BCUT2D eigenvalue weighted by Crippen LogP contribution is -2.38. The van der Waals surface area contributed by atoms with Crippen LogP contribution in [-0.4, -0.2) is 16.5 Å². The highest BCUT2D eigenvalue weighted by atomic mass is 79.9. The summed E-state index contributed by atoms with van der Waals surface area (Å²) in [6.07, 6.45) is 0. The number of hydrogen-bond acceptors (Lipinski definition) is 5. The molecule has 1 aromatic heterocycles. The van der Waals surface area contributed by atoms with Crippen LogP contribution in [0.2, 0.25) is 0 Å². The molecule has 2 aromatic carbocycles. The van der Waals surface area contributed by atoms with E-state index in [1.807, 2.05) is 30.3 Å². The van der Waals surface area contributed by atoms with Crippen molar-refractivity contribution >= 4 is 38.6 Å². The Balaban J connectivity index is 1.77. The highest BCUT2D eigenvalue weighted by Crippen LogP contribution is 2.30. The van der Waals surface area contributed by atoms with Crippen LogP contribution in [0.4, 0.5) is 11.8 Å². The number of fused-ring (bicyclic) bond motifs is 2. The minimum absolute atomic E-state index is 0.0506. The van der Waals surface area contributed by atoms with Crippen LogP contribution in [0.5, 0.6) is 0 Å². The minimum atomic E-state index is -0.0506. The Morgan fingerprint density at radius 1 is 1.13 bits per heavy atom. The molecule has 1 aliphatic rings. The maximum absolute atomic E-state index is 6.31. The Morgan fingerprint density at radius 3 is 2.83 bits per heavy atom. The van der Waals surface area contributed by atoms with E-state index >= 15 is 0 Å². The van der Waals surface area contributed by atoms with Gasteiger partial charge in [0.05, 0.1) is 5.52 Å². The van der Waals surface area contributed by atoms with Gasteiger partial charge in [0.15, 0.2) is 0 Å². The predicted molar refractivity (Wildman–Crippen MR) is 96.1 cm³/mol. The van der Waals surface area contributed by atoms with E-state index in [-0.39, 0.29) is 6.04 Å². The zero-order chi connectivity index (χ0) is 16.0. The van der Waals surface area contributed by atoms with Crippen molar-refractivity contribution in [2.75, 3.05) is 17.2 Å². The SMILES string of the molecule is Nc1nc(N2Cc3ccccc3C(N)C2)nc2ccc(Br)cc12. The van der Waals surface area contributed by atoms with Crippen LogP contribution in [0, 0.1) is 0 Å². The van der Waals surface area contributed by atoms with Gasteiger partial charge < -0.3 is 16.4 Å². The predicted octanol–water partition coefficient (Wildman–Crippen LogP) is 2.99. The molecule has 2 heterocycles. The van der Waals surface area contributed by atoms with Gasteiger partial charge in [0.1, 0.15) is 5.82 Å². The third-order valence-corrected chi connectivity index (χ3v) is 4.68. The van der Waals surface area contributed by atoms with Gasteiger partial charge in [-0.3, -0.25) is 0 Å². The number of rotatable bonds is 1. The number of hydrogen-bond donors (Lipinski definition) is 2. The van der Waals surface area contributed by atoms with Crippen molar-refractivity contribution in [1.82, 2.24) is 9.97 Å². The summed E-state index contributed by atoms with van der Waals surface area (Å²) in [5.74, 6) is 1.11. The monoisotopic (exact) mass is 369 g/mol. The van der Waals surface area contributed by atoms with E-state index in [2.05, 4.69) is 42.9 Å². The zero-order valence-corrected chi connectivity index (χ0v) is 14.0. The number of nitrogen functional groups attached to an aromatic ring is 1. The molecule has 1 aliphatic heterocycles. The Morgan fingerprint density at radius 2 is 1.96 bits per heavy atom.